The van der Waals surface area contributed by atoms with Gasteiger partial charge in [0, 0.05) is 58.8 Å². The summed E-state index contributed by atoms with van der Waals surface area (Å²) >= 11 is 0. The SMILES string of the molecule is O=C(CN1CCN(C(=O)C2CC(=O)N(CCc3ccccc3)C2)CC1)N1CCCCC1. The van der Waals surface area contributed by atoms with Crippen LogP contribution in [0.3, 0.4) is 0 Å². The van der Waals surface area contributed by atoms with Crippen LogP contribution in [0.1, 0.15) is 31.2 Å². The van der Waals surface area contributed by atoms with Gasteiger partial charge in [-0.05, 0) is 31.2 Å². The highest BCUT2D eigenvalue weighted by Crippen LogP contribution is 2.21. The third-order valence-corrected chi connectivity index (χ3v) is 6.83. The lowest BCUT2D eigenvalue weighted by Crippen LogP contribution is -2.53. The Bertz CT molecular complexity index is 770. The summed E-state index contributed by atoms with van der Waals surface area (Å²) in [5.74, 6) is 0.164. The molecule has 3 aliphatic rings. The van der Waals surface area contributed by atoms with Crippen molar-refractivity contribution < 1.29 is 14.4 Å². The first-order valence-corrected chi connectivity index (χ1v) is 11.7. The second-order valence-electron chi connectivity index (χ2n) is 9.02. The zero-order valence-corrected chi connectivity index (χ0v) is 18.4. The maximum Gasteiger partial charge on any atom is 0.236 e. The first-order valence-electron chi connectivity index (χ1n) is 11.7. The van der Waals surface area contributed by atoms with E-state index in [4.69, 9.17) is 0 Å². The Kier molecular flexibility index (Phi) is 7.22. The van der Waals surface area contributed by atoms with Crippen molar-refractivity contribution in [3.63, 3.8) is 0 Å². The number of hydrogen-bond acceptors (Lipinski definition) is 4. The van der Waals surface area contributed by atoms with Crippen LogP contribution in [0.15, 0.2) is 30.3 Å². The Morgan fingerprint density at radius 2 is 1.58 bits per heavy atom. The van der Waals surface area contributed by atoms with Crippen molar-refractivity contribution >= 4 is 17.7 Å². The van der Waals surface area contributed by atoms with Gasteiger partial charge in [-0.3, -0.25) is 19.3 Å². The molecule has 0 bridgehead atoms. The topological polar surface area (TPSA) is 64.2 Å². The van der Waals surface area contributed by atoms with Gasteiger partial charge in [-0.2, -0.15) is 0 Å². The second-order valence-corrected chi connectivity index (χ2v) is 9.02. The van der Waals surface area contributed by atoms with Crippen LogP contribution in [-0.4, -0.2) is 96.2 Å². The highest BCUT2D eigenvalue weighted by Gasteiger charge is 2.37. The van der Waals surface area contributed by atoms with E-state index in [9.17, 15) is 14.4 Å². The van der Waals surface area contributed by atoms with Crippen molar-refractivity contribution in [2.24, 2.45) is 5.92 Å². The molecule has 3 saturated heterocycles. The van der Waals surface area contributed by atoms with E-state index in [0.29, 0.717) is 39.1 Å². The molecule has 3 aliphatic heterocycles. The number of hydrogen-bond donors (Lipinski definition) is 0. The number of carbonyl (C=O) groups excluding carboxylic acids is 3. The largest absolute Gasteiger partial charge is 0.342 e. The number of carbonyl (C=O) groups is 3. The van der Waals surface area contributed by atoms with Gasteiger partial charge in [-0.15, -0.1) is 0 Å². The fraction of sp³-hybridized carbons (Fsp3) is 0.625. The third-order valence-electron chi connectivity index (χ3n) is 6.83. The number of piperidine rings is 1. The first kappa shape index (κ1) is 21.8. The summed E-state index contributed by atoms with van der Waals surface area (Å²) in [6.07, 6.45) is 4.57. The van der Waals surface area contributed by atoms with E-state index in [1.807, 2.05) is 32.9 Å². The average molecular weight is 427 g/mol. The van der Waals surface area contributed by atoms with Crippen molar-refractivity contribution in [2.45, 2.75) is 32.1 Å². The number of amides is 3. The molecule has 7 heteroatoms. The van der Waals surface area contributed by atoms with Gasteiger partial charge in [0.1, 0.15) is 0 Å². The van der Waals surface area contributed by atoms with Crippen LogP contribution in [0.4, 0.5) is 0 Å². The average Bonchev–Trinajstić information content (AvgIpc) is 3.19. The summed E-state index contributed by atoms with van der Waals surface area (Å²) in [4.78, 5) is 45.8. The quantitative estimate of drug-likeness (QED) is 0.687. The fourth-order valence-electron chi connectivity index (χ4n) is 4.88. The summed E-state index contributed by atoms with van der Waals surface area (Å²) in [6.45, 7) is 6.14. The van der Waals surface area contributed by atoms with E-state index in [2.05, 4.69) is 17.0 Å². The minimum atomic E-state index is -0.232. The van der Waals surface area contributed by atoms with E-state index in [1.54, 1.807) is 0 Å². The smallest absolute Gasteiger partial charge is 0.236 e. The van der Waals surface area contributed by atoms with Gasteiger partial charge >= 0.3 is 0 Å². The molecule has 1 aromatic carbocycles. The Balaban J connectivity index is 1.20. The lowest BCUT2D eigenvalue weighted by Gasteiger charge is -2.37. The Morgan fingerprint density at radius 3 is 2.29 bits per heavy atom. The summed E-state index contributed by atoms with van der Waals surface area (Å²) < 4.78 is 0. The molecule has 0 radical (unpaired) electrons. The molecule has 4 rings (SSSR count). The van der Waals surface area contributed by atoms with Crippen LogP contribution in [0.25, 0.3) is 0 Å². The van der Waals surface area contributed by atoms with Gasteiger partial charge in [0.25, 0.3) is 0 Å². The van der Waals surface area contributed by atoms with Gasteiger partial charge in [0.05, 0.1) is 12.5 Å². The molecular weight excluding hydrogens is 392 g/mol. The highest BCUT2D eigenvalue weighted by atomic mass is 16.2. The summed E-state index contributed by atoms with van der Waals surface area (Å²) in [5.41, 5.74) is 1.21. The predicted octanol–water partition coefficient (Wildman–Crippen LogP) is 1.23. The number of rotatable bonds is 6. The Morgan fingerprint density at radius 1 is 0.871 bits per heavy atom. The van der Waals surface area contributed by atoms with Crippen molar-refractivity contribution in [3.05, 3.63) is 35.9 Å². The van der Waals surface area contributed by atoms with Crippen molar-refractivity contribution in [1.82, 2.24) is 19.6 Å². The molecule has 0 spiro atoms. The van der Waals surface area contributed by atoms with Gasteiger partial charge in [-0.1, -0.05) is 30.3 Å². The van der Waals surface area contributed by atoms with Crippen LogP contribution in [0, 0.1) is 5.92 Å². The molecule has 3 fully saturated rings. The standard InChI is InChI=1S/C24H34N4O3/c29-22-17-21(18-28(22)12-9-20-7-3-1-4-8-20)24(31)27-15-13-25(14-16-27)19-23(30)26-10-5-2-6-11-26/h1,3-4,7-8,21H,2,5-6,9-19H2. The molecule has 7 nitrogen and oxygen atoms in total. The van der Waals surface area contributed by atoms with Gasteiger partial charge < -0.3 is 14.7 Å². The van der Waals surface area contributed by atoms with E-state index in [1.165, 1.54) is 12.0 Å². The monoisotopic (exact) mass is 426 g/mol. The van der Waals surface area contributed by atoms with Crippen molar-refractivity contribution in [3.8, 4) is 0 Å². The molecule has 3 amide bonds. The summed E-state index contributed by atoms with van der Waals surface area (Å²) in [6, 6.07) is 10.1. The number of piperazine rings is 1. The van der Waals surface area contributed by atoms with Gasteiger partial charge in [-0.25, -0.2) is 0 Å². The summed E-state index contributed by atoms with van der Waals surface area (Å²) in [5, 5.41) is 0. The normalized spacial score (nSPS) is 22.8. The van der Waals surface area contributed by atoms with Crippen molar-refractivity contribution in [2.75, 3.05) is 58.9 Å². The number of likely N-dealkylation sites (tertiary alicyclic amines) is 2. The summed E-state index contributed by atoms with van der Waals surface area (Å²) in [7, 11) is 0. The van der Waals surface area contributed by atoms with E-state index in [-0.39, 0.29) is 23.6 Å². The van der Waals surface area contributed by atoms with Gasteiger partial charge in [0.15, 0.2) is 0 Å². The number of nitrogens with zero attached hydrogens (tertiary/aromatic N) is 4. The van der Waals surface area contributed by atoms with Crippen molar-refractivity contribution in [1.29, 1.82) is 0 Å². The zero-order chi connectivity index (χ0) is 21.6. The van der Waals surface area contributed by atoms with E-state index >= 15 is 0 Å². The third kappa shape index (κ3) is 5.64. The molecule has 31 heavy (non-hydrogen) atoms. The zero-order valence-electron chi connectivity index (χ0n) is 18.4. The minimum Gasteiger partial charge on any atom is -0.342 e. The predicted molar refractivity (Wildman–Crippen MR) is 118 cm³/mol. The number of benzene rings is 1. The molecule has 1 unspecified atom stereocenters. The van der Waals surface area contributed by atoms with Crippen LogP contribution in [0.5, 0.6) is 0 Å². The second kappa shape index (κ2) is 10.3. The van der Waals surface area contributed by atoms with Crippen LogP contribution >= 0.6 is 0 Å². The van der Waals surface area contributed by atoms with E-state index < -0.39 is 0 Å². The van der Waals surface area contributed by atoms with Crippen LogP contribution in [0.2, 0.25) is 0 Å². The molecule has 1 atom stereocenters. The fourth-order valence-corrected chi connectivity index (χ4v) is 4.88. The lowest BCUT2D eigenvalue weighted by molar-refractivity contribution is -0.138. The Labute approximate surface area is 185 Å². The molecule has 1 aromatic rings. The maximum atomic E-state index is 13.0. The maximum absolute atomic E-state index is 13.0. The molecule has 0 saturated carbocycles. The first-order chi connectivity index (χ1) is 15.1. The molecule has 3 heterocycles. The molecule has 0 aromatic heterocycles. The van der Waals surface area contributed by atoms with E-state index in [0.717, 1.165) is 45.4 Å². The van der Waals surface area contributed by atoms with Crippen LogP contribution in [-0.2, 0) is 20.8 Å². The van der Waals surface area contributed by atoms with Crippen LogP contribution < -0.4 is 0 Å². The molecule has 0 aliphatic carbocycles. The minimum absolute atomic E-state index is 0.0834. The molecule has 0 N–H and O–H groups in total. The molecule has 168 valence electrons. The van der Waals surface area contributed by atoms with Gasteiger partial charge in [0.2, 0.25) is 17.7 Å². The lowest BCUT2D eigenvalue weighted by atomic mass is 10.1. The highest BCUT2D eigenvalue weighted by molar-refractivity contribution is 5.89. The molecular formula is C24H34N4O3. The Hall–Kier alpha value is -2.41.